The third kappa shape index (κ3) is 1.38. The molecular formula is C14H20N2O. The highest BCUT2D eigenvalue weighted by molar-refractivity contribution is 5.67. The molecule has 2 aliphatic rings. The molecule has 3 rings (SSSR count). The zero-order valence-electron chi connectivity index (χ0n) is 10.7. The lowest BCUT2D eigenvalue weighted by Gasteiger charge is -2.45. The van der Waals surface area contributed by atoms with Crippen LogP contribution in [0.1, 0.15) is 31.7 Å². The van der Waals surface area contributed by atoms with E-state index in [0.29, 0.717) is 17.7 Å². The van der Waals surface area contributed by atoms with Gasteiger partial charge in [-0.2, -0.15) is 0 Å². The van der Waals surface area contributed by atoms with Crippen LogP contribution in [0, 0.1) is 0 Å². The van der Waals surface area contributed by atoms with Gasteiger partial charge in [-0.15, -0.1) is 0 Å². The third-order valence-electron chi connectivity index (χ3n) is 4.38. The Balaban J connectivity index is 2.14. The lowest BCUT2D eigenvalue weighted by molar-refractivity contribution is 0.236. The molecule has 2 unspecified atom stereocenters. The molecule has 3 nitrogen and oxygen atoms in total. The minimum Gasteiger partial charge on any atom is -0.508 e. The summed E-state index contributed by atoms with van der Waals surface area (Å²) in [4.78, 5) is 2.33. The summed E-state index contributed by atoms with van der Waals surface area (Å²) in [7, 11) is 2.14. The van der Waals surface area contributed by atoms with Gasteiger partial charge in [0.25, 0.3) is 0 Å². The Morgan fingerprint density at radius 1 is 1.41 bits per heavy atom. The van der Waals surface area contributed by atoms with Crippen molar-refractivity contribution in [2.45, 2.75) is 37.8 Å². The van der Waals surface area contributed by atoms with Crippen molar-refractivity contribution in [1.82, 2.24) is 5.32 Å². The summed E-state index contributed by atoms with van der Waals surface area (Å²) in [5.41, 5.74) is 2.43. The van der Waals surface area contributed by atoms with Crippen LogP contribution in [0.5, 0.6) is 5.75 Å². The molecule has 17 heavy (non-hydrogen) atoms. The summed E-state index contributed by atoms with van der Waals surface area (Å²) in [6.45, 7) is 5.53. The number of fused-ring (bicyclic) bond motifs is 3. The van der Waals surface area contributed by atoms with Gasteiger partial charge in [0.1, 0.15) is 5.75 Å². The van der Waals surface area contributed by atoms with Crippen LogP contribution in [0.4, 0.5) is 5.69 Å². The van der Waals surface area contributed by atoms with Crippen LogP contribution in [0.3, 0.4) is 0 Å². The summed E-state index contributed by atoms with van der Waals surface area (Å²) >= 11 is 0. The Bertz CT molecular complexity index is 456. The van der Waals surface area contributed by atoms with E-state index in [9.17, 15) is 5.11 Å². The van der Waals surface area contributed by atoms with Gasteiger partial charge in [0.2, 0.25) is 0 Å². The fraction of sp³-hybridized carbons (Fsp3) is 0.571. The highest BCUT2D eigenvalue weighted by Gasteiger charge is 2.48. The number of nitrogens with zero attached hydrogens (tertiary/aromatic N) is 1. The maximum atomic E-state index is 10.1. The second-order valence-electron chi connectivity index (χ2n) is 5.81. The number of benzene rings is 1. The molecule has 2 aliphatic heterocycles. The molecule has 0 bridgehead atoms. The number of aromatic hydroxyl groups is 1. The van der Waals surface area contributed by atoms with E-state index in [2.05, 4.69) is 37.2 Å². The molecule has 0 aliphatic carbocycles. The van der Waals surface area contributed by atoms with Gasteiger partial charge in [-0.1, -0.05) is 6.07 Å². The van der Waals surface area contributed by atoms with Crippen LogP contribution in [0.2, 0.25) is 0 Å². The first-order valence-corrected chi connectivity index (χ1v) is 6.32. The molecule has 1 aromatic carbocycles. The van der Waals surface area contributed by atoms with Crippen molar-refractivity contribution in [3.63, 3.8) is 0 Å². The first-order valence-electron chi connectivity index (χ1n) is 6.32. The maximum absolute atomic E-state index is 10.1. The lowest BCUT2D eigenvalue weighted by atomic mass is 9.78. The van der Waals surface area contributed by atoms with Gasteiger partial charge in [0.05, 0.1) is 6.04 Å². The number of hydrogen-bond donors (Lipinski definition) is 2. The molecule has 0 radical (unpaired) electrons. The monoisotopic (exact) mass is 232 g/mol. The van der Waals surface area contributed by atoms with Crippen LogP contribution in [-0.4, -0.2) is 30.3 Å². The van der Waals surface area contributed by atoms with Crippen molar-refractivity contribution in [3.8, 4) is 5.75 Å². The van der Waals surface area contributed by atoms with Crippen molar-refractivity contribution < 1.29 is 5.11 Å². The van der Waals surface area contributed by atoms with E-state index in [-0.39, 0.29) is 5.54 Å². The third-order valence-corrected chi connectivity index (χ3v) is 4.38. The number of hydrogen-bond acceptors (Lipinski definition) is 3. The van der Waals surface area contributed by atoms with E-state index in [1.165, 1.54) is 5.69 Å². The van der Waals surface area contributed by atoms with Crippen molar-refractivity contribution in [2.24, 2.45) is 0 Å². The van der Waals surface area contributed by atoms with Crippen molar-refractivity contribution >= 4 is 5.69 Å². The molecule has 0 aromatic heterocycles. The Hall–Kier alpha value is -1.22. The van der Waals surface area contributed by atoms with Gasteiger partial charge >= 0.3 is 0 Å². The molecule has 3 heteroatoms. The second-order valence-corrected chi connectivity index (χ2v) is 5.81. The highest BCUT2D eigenvalue weighted by atomic mass is 16.3. The number of phenols is 1. The van der Waals surface area contributed by atoms with Crippen LogP contribution >= 0.6 is 0 Å². The summed E-state index contributed by atoms with van der Waals surface area (Å²) < 4.78 is 0. The van der Waals surface area contributed by atoms with Gasteiger partial charge in [-0.25, -0.2) is 0 Å². The number of anilines is 1. The Morgan fingerprint density at radius 2 is 2.18 bits per heavy atom. The van der Waals surface area contributed by atoms with Gasteiger partial charge in [0.15, 0.2) is 0 Å². The lowest BCUT2D eigenvalue weighted by Crippen LogP contribution is -2.60. The molecule has 92 valence electrons. The van der Waals surface area contributed by atoms with Crippen molar-refractivity contribution in [2.75, 3.05) is 18.5 Å². The molecule has 0 spiro atoms. The van der Waals surface area contributed by atoms with Crippen LogP contribution in [0.15, 0.2) is 18.2 Å². The van der Waals surface area contributed by atoms with Gasteiger partial charge < -0.3 is 15.3 Å². The number of piperidine rings is 1. The van der Waals surface area contributed by atoms with E-state index in [1.54, 1.807) is 0 Å². The summed E-state index contributed by atoms with van der Waals surface area (Å²) in [5.74, 6) is 0.909. The quantitative estimate of drug-likeness (QED) is 0.719. The SMILES string of the molecule is CN1c2cccc(O)c2C2CCNC(C)(C)C21. The summed E-state index contributed by atoms with van der Waals surface area (Å²) in [6.07, 6.45) is 1.10. The van der Waals surface area contributed by atoms with Crippen molar-refractivity contribution in [1.29, 1.82) is 0 Å². The zero-order valence-corrected chi connectivity index (χ0v) is 10.7. The number of phenolic OH excluding ortho intramolecular Hbond substituents is 1. The van der Waals surface area contributed by atoms with Crippen LogP contribution < -0.4 is 10.2 Å². The van der Waals surface area contributed by atoms with E-state index < -0.39 is 0 Å². The first kappa shape index (κ1) is 10.9. The molecule has 1 fully saturated rings. The van der Waals surface area contributed by atoms with Crippen LogP contribution in [-0.2, 0) is 0 Å². The Morgan fingerprint density at radius 3 is 2.94 bits per heavy atom. The Kier molecular flexibility index (Phi) is 2.17. The maximum Gasteiger partial charge on any atom is 0.121 e. The van der Waals surface area contributed by atoms with Crippen LogP contribution in [0.25, 0.3) is 0 Å². The highest BCUT2D eigenvalue weighted by Crippen LogP contribution is 2.50. The predicted octanol–water partition coefficient (Wildman–Crippen LogP) is 2.07. The minimum absolute atomic E-state index is 0.0864. The van der Waals surface area contributed by atoms with E-state index in [1.807, 2.05) is 12.1 Å². The molecule has 1 aromatic rings. The molecular weight excluding hydrogens is 212 g/mol. The van der Waals surface area contributed by atoms with E-state index >= 15 is 0 Å². The summed E-state index contributed by atoms with van der Waals surface area (Å²) in [6, 6.07) is 6.29. The molecule has 2 atom stereocenters. The summed E-state index contributed by atoms with van der Waals surface area (Å²) in [5, 5.41) is 13.7. The van der Waals surface area contributed by atoms with Crippen molar-refractivity contribution in [3.05, 3.63) is 23.8 Å². The fourth-order valence-corrected chi connectivity index (χ4v) is 3.75. The zero-order chi connectivity index (χ0) is 12.2. The smallest absolute Gasteiger partial charge is 0.121 e. The number of likely N-dealkylation sites (N-methyl/N-ethyl adjacent to an activating group) is 1. The minimum atomic E-state index is 0.0864. The first-order chi connectivity index (χ1) is 8.02. The standard InChI is InChI=1S/C14H20N2O/c1-14(2)13-9(7-8-15-14)12-10(16(13)3)5-4-6-11(12)17/h4-6,9,13,15,17H,7-8H2,1-3H3. The average molecular weight is 232 g/mol. The molecule has 2 heterocycles. The van der Waals surface area contributed by atoms with Gasteiger partial charge in [0, 0.05) is 29.8 Å². The largest absolute Gasteiger partial charge is 0.508 e. The average Bonchev–Trinajstić information content (AvgIpc) is 2.55. The Labute approximate surface area is 102 Å². The van der Waals surface area contributed by atoms with E-state index in [4.69, 9.17) is 0 Å². The molecule has 0 amide bonds. The van der Waals surface area contributed by atoms with E-state index in [0.717, 1.165) is 18.5 Å². The molecule has 1 saturated heterocycles. The van der Waals surface area contributed by atoms with Gasteiger partial charge in [-0.3, -0.25) is 0 Å². The topological polar surface area (TPSA) is 35.5 Å². The number of rotatable bonds is 0. The number of nitrogens with one attached hydrogen (secondary N) is 1. The fourth-order valence-electron chi connectivity index (χ4n) is 3.75. The predicted molar refractivity (Wildman–Crippen MR) is 69.7 cm³/mol. The van der Waals surface area contributed by atoms with Gasteiger partial charge in [-0.05, 0) is 38.9 Å². The second kappa shape index (κ2) is 3.39. The normalized spacial score (nSPS) is 29.9. The molecule has 2 N–H and O–H groups in total. The molecule has 0 saturated carbocycles.